The Morgan fingerprint density at radius 1 is 1.17 bits per heavy atom. The lowest BCUT2D eigenvalue weighted by Crippen LogP contribution is -2.21. The number of nitrogens with one attached hydrogen (secondary N) is 1. The van der Waals surface area contributed by atoms with Crippen LogP contribution in [0.2, 0.25) is 5.02 Å². The maximum atomic E-state index is 8.75. The molecule has 2 heterocycles. The van der Waals surface area contributed by atoms with Gasteiger partial charge in [-0.25, -0.2) is 0 Å². The van der Waals surface area contributed by atoms with Crippen molar-refractivity contribution >= 4 is 17.4 Å². The van der Waals surface area contributed by atoms with Crippen molar-refractivity contribution in [3.63, 3.8) is 0 Å². The first kappa shape index (κ1) is 15.0. The summed E-state index contributed by atoms with van der Waals surface area (Å²) in [5.74, 6) is 0.607. The minimum Gasteiger partial charge on any atom is -0.366 e. The van der Waals surface area contributed by atoms with Crippen molar-refractivity contribution in [3.05, 3.63) is 71.1 Å². The highest BCUT2D eigenvalue weighted by Crippen LogP contribution is 2.20. The highest BCUT2D eigenvalue weighted by molar-refractivity contribution is 6.30. The van der Waals surface area contributed by atoms with E-state index in [1.54, 1.807) is 18.3 Å². The molecule has 1 aromatic carbocycles. The Morgan fingerprint density at radius 2 is 2.00 bits per heavy atom. The zero-order valence-corrected chi connectivity index (χ0v) is 12.9. The second-order valence-electron chi connectivity index (χ2n) is 4.85. The topological polar surface area (TPSA) is 79.4 Å². The Hall–Kier alpha value is -2.91. The van der Waals surface area contributed by atoms with Gasteiger partial charge in [0.15, 0.2) is 5.69 Å². The summed E-state index contributed by atoms with van der Waals surface area (Å²) in [6.07, 6.45) is 3.65. The smallest absolute Gasteiger partial charge is 0.163 e. The largest absolute Gasteiger partial charge is 0.366 e. The first-order valence-corrected chi connectivity index (χ1v) is 7.36. The second kappa shape index (κ2) is 6.90. The van der Waals surface area contributed by atoms with Crippen molar-refractivity contribution in [3.8, 4) is 6.07 Å². The van der Waals surface area contributed by atoms with Crippen LogP contribution >= 0.6 is 11.6 Å². The van der Waals surface area contributed by atoms with Crippen LogP contribution in [0.5, 0.6) is 0 Å². The predicted molar refractivity (Wildman–Crippen MR) is 87.1 cm³/mol. The summed E-state index contributed by atoms with van der Waals surface area (Å²) in [5, 5.41) is 24.8. The van der Waals surface area contributed by atoms with E-state index < -0.39 is 0 Å². The Kier molecular flexibility index (Phi) is 4.50. The molecule has 1 unspecified atom stereocenters. The third-order valence-electron chi connectivity index (χ3n) is 3.35. The molecule has 0 aliphatic heterocycles. The lowest BCUT2D eigenvalue weighted by Gasteiger charge is -2.19. The first-order chi connectivity index (χ1) is 11.3. The summed E-state index contributed by atoms with van der Waals surface area (Å²) in [6, 6.07) is 14.8. The fourth-order valence-electron chi connectivity index (χ4n) is 2.20. The molecule has 0 amide bonds. The number of nitrogens with zero attached hydrogens (tertiary/aromatic N) is 5. The number of nitriles is 1. The van der Waals surface area contributed by atoms with Crippen molar-refractivity contribution in [2.45, 2.75) is 6.04 Å². The summed E-state index contributed by atoms with van der Waals surface area (Å²) in [6.45, 7) is 0.573. The summed E-state index contributed by atoms with van der Waals surface area (Å²) < 4.78 is 1.87. The maximum absolute atomic E-state index is 8.75. The summed E-state index contributed by atoms with van der Waals surface area (Å²) in [4.78, 5) is 0. The molecule has 0 saturated carbocycles. The van der Waals surface area contributed by atoms with Gasteiger partial charge < -0.3 is 5.32 Å². The summed E-state index contributed by atoms with van der Waals surface area (Å²) in [7, 11) is 0. The molecule has 0 fully saturated rings. The van der Waals surface area contributed by atoms with Crippen LogP contribution in [-0.2, 0) is 0 Å². The summed E-state index contributed by atoms with van der Waals surface area (Å²) in [5.41, 5.74) is 1.36. The number of rotatable bonds is 5. The van der Waals surface area contributed by atoms with Gasteiger partial charge in [-0.15, -0.1) is 10.2 Å². The van der Waals surface area contributed by atoms with E-state index in [2.05, 4.69) is 20.6 Å². The molecule has 0 bridgehead atoms. The molecule has 3 rings (SSSR count). The molecule has 0 saturated heterocycles. The molecule has 0 radical (unpaired) electrons. The Bertz CT molecular complexity index is 790. The van der Waals surface area contributed by atoms with Crippen LogP contribution in [0.15, 0.2) is 54.9 Å². The molecule has 1 atom stereocenters. The lowest BCUT2D eigenvalue weighted by atomic mass is 10.1. The zero-order valence-electron chi connectivity index (χ0n) is 12.1. The van der Waals surface area contributed by atoms with Crippen LogP contribution in [0.25, 0.3) is 0 Å². The quantitative estimate of drug-likeness (QED) is 0.780. The van der Waals surface area contributed by atoms with E-state index in [0.717, 1.165) is 5.56 Å². The van der Waals surface area contributed by atoms with Gasteiger partial charge in [-0.05, 0) is 35.9 Å². The molecule has 1 N–H and O–H groups in total. The van der Waals surface area contributed by atoms with Gasteiger partial charge in [-0.1, -0.05) is 23.7 Å². The van der Waals surface area contributed by atoms with Gasteiger partial charge in [0.1, 0.15) is 11.9 Å². The Morgan fingerprint density at radius 3 is 2.61 bits per heavy atom. The van der Waals surface area contributed by atoms with Crippen LogP contribution < -0.4 is 5.32 Å². The van der Waals surface area contributed by atoms with E-state index in [9.17, 15) is 0 Å². The van der Waals surface area contributed by atoms with Crippen LogP contribution in [0.1, 0.15) is 17.3 Å². The zero-order chi connectivity index (χ0) is 16.1. The number of benzene rings is 1. The third-order valence-corrected chi connectivity index (χ3v) is 3.61. The normalized spacial score (nSPS) is 11.7. The Balaban J connectivity index is 1.79. The van der Waals surface area contributed by atoms with Crippen molar-refractivity contribution in [1.82, 2.24) is 20.0 Å². The van der Waals surface area contributed by atoms with Gasteiger partial charge in [-0.3, -0.25) is 4.68 Å². The summed E-state index contributed by atoms with van der Waals surface area (Å²) >= 11 is 5.96. The molecule has 0 spiro atoms. The van der Waals surface area contributed by atoms with Crippen LogP contribution in [0.3, 0.4) is 0 Å². The third kappa shape index (κ3) is 3.65. The van der Waals surface area contributed by atoms with Crippen molar-refractivity contribution in [2.75, 3.05) is 11.9 Å². The van der Waals surface area contributed by atoms with Gasteiger partial charge in [0.2, 0.25) is 0 Å². The lowest BCUT2D eigenvalue weighted by molar-refractivity contribution is 0.543. The number of aromatic nitrogens is 4. The molecule has 7 heteroatoms. The maximum Gasteiger partial charge on any atom is 0.163 e. The minimum absolute atomic E-state index is 0.0142. The number of halogens is 1. The highest BCUT2D eigenvalue weighted by atomic mass is 35.5. The van der Waals surface area contributed by atoms with Gasteiger partial charge >= 0.3 is 0 Å². The first-order valence-electron chi connectivity index (χ1n) is 6.98. The monoisotopic (exact) mass is 324 g/mol. The van der Waals surface area contributed by atoms with Crippen LogP contribution in [-0.4, -0.2) is 26.5 Å². The highest BCUT2D eigenvalue weighted by Gasteiger charge is 2.14. The fraction of sp³-hybridized carbons (Fsp3) is 0.125. The van der Waals surface area contributed by atoms with Gasteiger partial charge in [-0.2, -0.15) is 10.4 Å². The average Bonchev–Trinajstić information content (AvgIpc) is 3.11. The van der Waals surface area contributed by atoms with E-state index in [1.807, 2.05) is 47.3 Å². The SMILES string of the molecule is N#Cc1ccc(NCC(c2ccc(Cl)cc2)n2cccn2)nn1. The predicted octanol–water partition coefficient (Wildman–Crippen LogP) is 2.90. The van der Waals surface area contributed by atoms with E-state index in [0.29, 0.717) is 17.4 Å². The number of hydrogen-bond donors (Lipinski definition) is 1. The minimum atomic E-state index is -0.0142. The van der Waals surface area contributed by atoms with Gasteiger partial charge in [0.25, 0.3) is 0 Å². The van der Waals surface area contributed by atoms with Gasteiger partial charge in [0, 0.05) is 24.0 Å². The van der Waals surface area contributed by atoms with E-state index in [-0.39, 0.29) is 11.7 Å². The molecule has 6 nitrogen and oxygen atoms in total. The molecule has 114 valence electrons. The molecule has 3 aromatic rings. The molecule has 0 aliphatic carbocycles. The molecule has 0 aliphatic rings. The van der Waals surface area contributed by atoms with E-state index in [4.69, 9.17) is 16.9 Å². The van der Waals surface area contributed by atoms with Gasteiger partial charge in [0.05, 0.1) is 6.04 Å². The molecule has 2 aromatic heterocycles. The molecule has 23 heavy (non-hydrogen) atoms. The number of anilines is 1. The van der Waals surface area contributed by atoms with Crippen molar-refractivity contribution < 1.29 is 0 Å². The molecular formula is C16H13ClN6. The van der Waals surface area contributed by atoms with E-state index >= 15 is 0 Å². The van der Waals surface area contributed by atoms with Crippen molar-refractivity contribution in [1.29, 1.82) is 5.26 Å². The fourth-order valence-corrected chi connectivity index (χ4v) is 2.33. The van der Waals surface area contributed by atoms with Crippen molar-refractivity contribution in [2.24, 2.45) is 0 Å². The van der Waals surface area contributed by atoms with Crippen LogP contribution in [0, 0.1) is 11.3 Å². The standard InChI is InChI=1S/C16H13ClN6/c17-13-4-2-12(3-5-13)15(23-9-1-8-20-23)11-19-16-7-6-14(10-18)21-22-16/h1-9,15H,11H2,(H,19,22). The van der Waals surface area contributed by atoms with Crippen LogP contribution in [0.4, 0.5) is 5.82 Å². The number of hydrogen-bond acceptors (Lipinski definition) is 5. The average molecular weight is 325 g/mol. The van der Waals surface area contributed by atoms with E-state index in [1.165, 1.54) is 0 Å². The Labute approximate surface area is 138 Å². The molecular weight excluding hydrogens is 312 g/mol. The second-order valence-corrected chi connectivity index (χ2v) is 5.29.